The van der Waals surface area contributed by atoms with Crippen molar-refractivity contribution in [1.29, 1.82) is 0 Å². The summed E-state index contributed by atoms with van der Waals surface area (Å²) >= 11 is 0. The number of amides is 1. The van der Waals surface area contributed by atoms with E-state index < -0.39 is 5.97 Å². The third-order valence-corrected chi connectivity index (χ3v) is 2.36. The zero-order valence-electron chi connectivity index (χ0n) is 11.9. The van der Waals surface area contributed by atoms with Crippen LogP contribution < -0.4 is 10.1 Å². The van der Waals surface area contributed by atoms with Crippen molar-refractivity contribution >= 4 is 11.9 Å². The molecule has 1 aromatic rings. The Morgan fingerprint density at radius 1 is 1.16 bits per heavy atom. The minimum absolute atomic E-state index is 0.249. The molecular formula is C14H19NO4. The fraction of sp³-hybridized carbons (Fsp3) is 0.429. The molecule has 0 unspecified atom stereocenters. The average Bonchev–Trinajstić information content (AvgIpc) is 2.34. The zero-order chi connectivity index (χ0) is 14.6. The summed E-state index contributed by atoms with van der Waals surface area (Å²) in [4.78, 5) is 23.5. The van der Waals surface area contributed by atoms with Crippen LogP contribution in [0.4, 0.5) is 0 Å². The van der Waals surface area contributed by atoms with Crippen LogP contribution in [-0.4, -0.2) is 31.6 Å². The molecule has 0 aliphatic carbocycles. The molecule has 0 saturated heterocycles. The number of nitrogens with one attached hydrogen (secondary N) is 1. The van der Waals surface area contributed by atoms with E-state index in [0.717, 1.165) is 0 Å². The van der Waals surface area contributed by atoms with Gasteiger partial charge in [-0.15, -0.1) is 0 Å². The first-order valence-corrected chi connectivity index (χ1v) is 5.87. The summed E-state index contributed by atoms with van der Waals surface area (Å²) in [5.74, 6) is -0.383. The van der Waals surface area contributed by atoms with Crippen LogP contribution in [0.15, 0.2) is 18.2 Å². The van der Waals surface area contributed by atoms with E-state index in [2.05, 4.69) is 10.1 Å². The molecule has 1 N–H and O–H groups in total. The first kappa shape index (κ1) is 15.0. The van der Waals surface area contributed by atoms with Crippen LogP contribution in [0, 0.1) is 0 Å². The van der Waals surface area contributed by atoms with Crippen molar-refractivity contribution in [1.82, 2.24) is 5.32 Å². The van der Waals surface area contributed by atoms with Crippen molar-refractivity contribution in [2.75, 3.05) is 14.2 Å². The normalized spacial score (nSPS) is 10.8. The molecule has 0 heterocycles. The van der Waals surface area contributed by atoms with Gasteiger partial charge in [0, 0.05) is 5.54 Å². The molecule has 1 aromatic carbocycles. The number of hydrogen-bond donors (Lipinski definition) is 1. The Hall–Kier alpha value is -2.04. The molecule has 5 nitrogen and oxygen atoms in total. The van der Waals surface area contributed by atoms with E-state index in [4.69, 9.17) is 4.74 Å². The van der Waals surface area contributed by atoms with E-state index in [1.807, 2.05) is 20.8 Å². The van der Waals surface area contributed by atoms with Gasteiger partial charge in [-0.1, -0.05) is 0 Å². The first-order valence-electron chi connectivity index (χ1n) is 5.87. The lowest BCUT2D eigenvalue weighted by Crippen LogP contribution is -2.40. The molecule has 0 spiro atoms. The minimum Gasteiger partial charge on any atom is -0.496 e. The summed E-state index contributed by atoms with van der Waals surface area (Å²) in [6.45, 7) is 5.67. The standard InChI is InChI=1S/C14H19NO4/c1-14(2,3)15-12(16)10-7-6-9(13(17)19-5)8-11(10)18-4/h6-8H,1-5H3,(H,15,16). The summed E-state index contributed by atoms with van der Waals surface area (Å²) in [5, 5.41) is 2.84. The molecular weight excluding hydrogens is 246 g/mol. The number of ether oxygens (including phenoxy) is 2. The van der Waals surface area contributed by atoms with Gasteiger partial charge in [0.15, 0.2) is 0 Å². The van der Waals surface area contributed by atoms with E-state index >= 15 is 0 Å². The second kappa shape index (κ2) is 5.73. The number of carbonyl (C=O) groups excluding carboxylic acids is 2. The summed E-state index contributed by atoms with van der Waals surface area (Å²) in [6.07, 6.45) is 0. The maximum atomic E-state index is 12.1. The van der Waals surface area contributed by atoms with E-state index in [9.17, 15) is 9.59 Å². The van der Waals surface area contributed by atoms with E-state index in [0.29, 0.717) is 16.9 Å². The molecule has 0 bridgehead atoms. The maximum absolute atomic E-state index is 12.1. The Morgan fingerprint density at radius 3 is 2.26 bits per heavy atom. The summed E-state index contributed by atoms with van der Waals surface area (Å²) in [6, 6.07) is 4.57. The molecule has 0 aliphatic heterocycles. The van der Waals surface area contributed by atoms with Gasteiger partial charge in [0.2, 0.25) is 0 Å². The molecule has 19 heavy (non-hydrogen) atoms. The first-order chi connectivity index (χ1) is 8.78. The van der Waals surface area contributed by atoms with Gasteiger partial charge < -0.3 is 14.8 Å². The number of benzene rings is 1. The lowest BCUT2D eigenvalue weighted by Gasteiger charge is -2.21. The van der Waals surface area contributed by atoms with Crippen molar-refractivity contribution < 1.29 is 19.1 Å². The molecule has 0 aliphatic rings. The van der Waals surface area contributed by atoms with Crippen LogP contribution in [0.2, 0.25) is 0 Å². The SMILES string of the molecule is COC(=O)c1ccc(C(=O)NC(C)(C)C)c(OC)c1. The van der Waals surface area contributed by atoms with Crippen LogP contribution in [0.25, 0.3) is 0 Å². The molecule has 0 atom stereocenters. The Balaban J connectivity index is 3.09. The van der Waals surface area contributed by atoms with Gasteiger partial charge >= 0.3 is 5.97 Å². The van der Waals surface area contributed by atoms with Gasteiger partial charge in [0.1, 0.15) is 5.75 Å². The van der Waals surface area contributed by atoms with Crippen LogP contribution in [0.5, 0.6) is 5.75 Å². The molecule has 0 aromatic heterocycles. The van der Waals surface area contributed by atoms with Gasteiger partial charge in [0.25, 0.3) is 5.91 Å². The highest BCUT2D eigenvalue weighted by molar-refractivity contribution is 5.99. The van der Waals surface area contributed by atoms with Crippen LogP contribution in [-0.2, 0) is 4.74 Å². The van der Waals surface area contributed by atoms with Crippen molar-refractivity contribution in [3.63, 3.8) is 0 Å². The second-order valence-electron chi connectivity index (χ2n) is 5.11. The van der Waals surface area contributed by atoms with E-state index in [1.54, 1.807) is 6.07 Å². The lowest BCUT2D eigenvalue weighted by molar-refractivity contribution is 0.0599. The van der Waals surface area contributed by atoms with Crippen LogP contribution in [0.3, 0.4) is 0 Å². The number of carbonyl (C=O) groups is 2. The summed E-state index contributed by atoms with van der Waals surface area (Å²) < 4.78 is 9.77. The average molecular weight is 265 g/mol. The van der Waals surface area contributed by atoms with Gasteiger partial charge in [-0.3, -0.25) is 4.79 Å². The highest BCUT2D eigenvalue weighted by atomic mass is 16.5. The van der Waals surface area contributed by atoms with Crippen LogP contribution in [0.1, 0.15) is 41.5 Å². The highest BCUT2D eigenvalue weighted by Crippen LogP contribution is 2.21. The Labute approximate surface area is 112 Å². The number of rotatable bonds is 3. The zero-order valence-corrected chi connectivity index (χ0v) is 11.9. The molecule has 5 heteroatoms. The Morgan fingerprint density at radius 2 is 1.79 bits per heavy atom. The van der Waals surface area contributed by atoms with Gasteiger partial charge in [-0.05, 0) is 39.0 Å². The minimum atomic E-state index is -0.471. The van der Waals surface area contributed by atoms with Gasteiger partial charge in [0.05, 0.1) is 25.3 Å². The lowest BCUT2D eigenvalue weighted by atomic mass is 10.1. The monoisotopic (exact) mass is 265 g/mol. The molecule has 1 rings (SSSR count). The number of hydrogen-bond acceptors (Lipinski definition) is 4. The topological polar surface area (TPSA) is 64.6 Å². The fourth-order valence-corrected chi connectivity index (χ4v) is 1.53. The molecule has 0 radical (unpaired) electrons. The van der Waals surface area contributed by atoms with Crippen LogP contribution >= 0.6 is 0 Å². The summed E-state index contributed by atoms with van der Waals surface area (Å²) in [5.41, 5.74) is 0.375. The Kier molecular flexibility index (Phi) is 4.53. The van der Waals surface area contributed by atoms with E-state index in [-0.39, 0.29) is 11.4 Å². The third kappa shape index (κ3) is 3.98. The quantitative estimate of drug-likeness (QED) is 0.849. The number of esters is 1. The predicted octanol–water partition coefficient (Wildman–Crippen LogP) is 2.01. The third-order valence-electron chi connectivity index (χ3n) is 2.36. The highest BCUT2D eigenvalue weighted by Gasteiger charge is 2.19. The molecule has 0 fully saturated rings. The van der Waals surface area contributed by atoms with Gasteiger partial charge in [-0.2, -0.15) is 0 Å². The molecule has 0 saturated carbocycles. The van der Waals surface area contributed by atoms with Gasteiger partial charge in [-0.25, -0.2) is 4.79 Å². The molecule has 1 amide bonds. The fourth-order valence-electron chi connectivity index (χ4n) is 1.53. The largest absolute Gasteiger partial charge is 0.496 e. The van der Waals surface area contributed by atoms with Crippen molar-refractivity contribution in [3.8, 4) is 5.75 Å². The number of methoxy groups -OCH3 is 2. The predicted molar refractivity (Wildman–Crippen MR) is 71.6 cm³/mol. The van der Waals surface area contributed by atoms with Crippen molar-refractivity contribution in [3.05, 3.63) is 29.3 Å². The van der Waals surface area contributed by atoms with Crippen molar-refractivity contribution in [2.24, 2.45) is 0 Å². The smallest absolute Gasteiger partial charge is 0.337 e. The maximum Gasteiger partial charge on any atom is 0.337 e. The second-order valence-corrected chi connectivity index (χ2v) is 5.11. The Bertz CT molecular complexity index is 489. The van der Waals surface area contributed by atoms with Crippen molar-refractivity contribution in [2.45, 2.75) is 26.3 Å². The van der Waals surface area contributed by atoms with E-state index in [1.165, 1.54) is 26.4 Å². The summed E-state index contributed by atoms with van der Waals surface area (Å²) in [7, 11) is 2.75. The molecule has 104 valence electrons.